The Balaban J connectivity index is 1.32. The van der Waals surface area contributed by atoms with Gasteiger partial charge in [0.25, 0.3) is 11.8 Å². The van der Waals surface area contributed by atoms with Crippen molar-refractivity contribution in [1.29, 1.82) is 0 Å². The molecule has 1 aliphatic heterocycles. The fourth-order valence-electron chi connectivity index (χ4n) is 4.91. The number of Topliss-reactive ketones (excluding diaryl/α,β-unsaturated/α-hetero) is 1. The lowest BCUT2D eigenvalue weighted by atomic mass is 10.0. The fourth-order valence-corrected chi connectivity index (χ4v) is 6.02. The first-order valence-electron chi connectivity index (χ1n) is 14.8. The number of hydrogen-bond donors (Lipinski definition) is 2. The maximum absolute atomic E-state index is 13.5. The average molecular weight is 632 g/mol. The van der Waals surface area contributed by atoms with Crippen LogP contribution < -0.4 is 15.5 Å². The number of ketones is 1. The monoisotopic (exact) mass is 631 g/mol. The molecule has 4 aromatic carbocycles. The molecule has 2 N–H and O–H groups in total. The van der Waals surface area contributed by atoms with Crippen molar-refractivity contribution in [1.82, 2.24) is 5.32 Å². The lowest BCUT2D eigenvalue weighted by molar-refractivity contribution is -0.121. The number of anilines is 2. The molecule has 0 spiro atoms. The van der Waals surface area contributed by atoms with Crippen LogP contribution in [-0.2, 0) is 14.4 Å². The van der Waals surface area contributed by atoms with E-state index in [0.717, 1.165) is 16.0 Å². The molecule has 232 valence electrons. The van der Waals surface area contributed by atoms with Gasteiger partial charge in [-0.25, -0.2) is 4.90 Å². The van der Waals surface area contributed by atoms with Crippen molar-refractivity contribution in [2.24, 2.45) is 0 Å². The van der Waals surface area contributed by atoms with E-state index in [0.29, 0.717) is 33.3 Å². The van der Waals surface area contributed by atoms with Crippen LogP contribution in [0.3, 0.4) is 0 Å². The molecule has 46 heavy (non-hydrogen) atoms. The number of amides is 4. The van der Waals surface area contributed by atoms with Crippen molar-refractivity contribution in [2.45, 2.75) is 43.3 Å². The molecule has 4 amide bonds. The molecule has 9 heteroatoms. The summed E-state index contributed by atoms with van der Waals surface area (Å²) in [6.07, 6.45) is 1.64. The molecule has 5 rings (SSSR count). The first kappa shape index (κ1) is 32.1. The summed E-state index contributed by atoms with van der Waals surface area (Å²) in [5.74, 6) is -1.37. The first-order chi connectivity index (χ1) is 22.1. The van der Waals surface area contributed by atoms with E-state index < -0.39 is 17.1 Å². The number of hydrogen-bond acceptors (Lipinski definition) is 6. The molecule has 1 aliphatic rings. The second-order valence-corrected chi connectivity index (χ2v) is 12.4. The SMILES string of the molecule is CC(=O)c1ccc(N2C(=O)C[C@@H](Sc3cccc(NC(=O)/C(=C\c4ccc(C(C)C)cc4)NC(=O)c4ccccc4)c3)C2=O)cc1. The minimum Gasteiger partial charge on any atom is -0.321 e. The molecular weight excluding hydrogens is 598 g/mol. The Labute approximate surface area is 271 Å². The average Bonchev–Trinajstić information content (AvgIpc) is 3.33. The minimum absolute atomic E-state index is 0.0164. The van der Waals surface area contributed by atoms with Gasteiger partial charge in [0.05, 0.1) is 10.9 Å². The van der Waals surface area contributed by atoms with Crippen molar-refractivity contribution in [2.75, 3.05) is 10.2 Å². The van der Waals surface area contributed by atoms with Gasteiger partial charge >= 0.3 is 0 Å². The maximum atomic E-state index is 13.5. The van der Waals surface area contributed by atoms with E-state index in [1.807, 2.05) is 24.3 Å². The molecule has 1 saturated heterocycles. The lowest BCUT2D eigenvalue weighted by Crippen LogP contribution is -2.31. The highest BCUT2D eigenvalue weighted by Gasteiger charge is 2.40. The third-order valence-corrected chi connectivity index (χ3v) is 8.63. The Kier molecular flexibility index (Phi) is 9.93. The van der Waals surface area contributed by atoms with Crippen molar-refractivity contribution in [3.63, 3.8) is 0 Å². The zero-order chi connectivity index (χ0) is 32.8. The molecule has 8 nitrogen and oxygen atoms in total. The first-order valence-corrected chi connectivity index (χ1v) is 15.7. The van der Waals surface area contributed by atoms with Crippen molar-refractivity contribution < 1.29 is 24.0 Å². The van der Waals surface area contributed by atoms with Crippen LogP contribution in [0.15, 0.2) is 114 Å². The van der Waals surface area contributed by atoms with E-state index in [9.17, 15) is 24.0 Å². The molecule has 0 aromatic heterocycles. The molecule has 0 aliphatic carbocycles. The number of nitrogens with one attached hydrogen (secondary N) is 2. The number of thioether (sulfide) groups is 1. The number of nitrogens with zero attached hydrogens (tertiary/aromatic N) is 1. The van der Waals surface area contributed by atoms with E-state index in [1.165, 1.54) is 18.7 Å². The number of carbonyl (C=O) groups is 5. The van der Waals surface area contributed by atoms with Gasteiger partial charge in [-0.05, 0) is 84.6 Å². The van der Waals surface area contributed by atoms with Crippen LogP contribution in [0.2, 0.25) is 0 Å². The second-order valence-electron chi connectivity index (χ2n) is 11.2. The normalized spacial score (nSPS) is 14.8. The smallest absolute Gasteiger partial charge is 0.272 e. The van der Waals surface area contributed by atoms with Crippen LogP contribution in [0.25, 0.3) is 6.08 Å². The predicted octanol–water partition coefficient (Wildman–Crippen LogP) is 6.85. The van der Waals surface area contributed by atoms with E-state index in [1.54, 1.807) is 84.9 Å². The Morgan fingerprint density at radius 1 is 0.848 bits per heavy atom. The standard InChI is InChI=1S/C37H33N3O5S/c1-23(2)26-14-12-25(13-15-26)20-32(39-35(43)28-8-5-4-6-9-28)36(44)38-29-10-7-11-31(21-29)46-33-22-34(42)40(37(33)45)30-18-16-27(17-19-30)24(3)41/h4-21,23,33H,22H2,1-3H3,(H,38,44)(H,39,43)/b32-20+/t33-/m1/s1. The number of rotatable bonds is 10. The van der Waals surface area contributed by atoms with E-state index >= 15 is 0 Å². The number of benzene rings is 4. The highest BCUT2D eigenvalue weighted by molar-refractivity contribution is 8.00. The molecule has 0 bridgehead atoms. The fraction of sp³-hybridized carbons (Fsp3) is 0.162. The van der Waals surface area contributed by atoms with Gasteiger partial charge in [-0.15, -0.1) is 11.8 Å². The summed E-state index contributed by atoms with van der Waals surface area (Å²) in [4.78, 5) is 66.1. The molecule has 0 unspecified atom stereocenters. The molecule has 4 aromatic rings. The van der Waals surface area contributed by atoms with Crippen molar-refractivity contribution in [3.8, 4) is 0 Å². The zero-order valence-electron chi connectivity index (χ0n) is 25.7. The number of carbonyl (C=O) groups excluding carboxylic acids is 5. The Morgan fingerprint density at radius 2 is 1.54 bits per heavy atom. The van der Waals surface area contributed by atoms with Crippen molar-refractivity contribution >= 4 is 58.6 Å². The van der Waals surface area contributed by atoms with Crippen LogP contribution in [0.5, 0.6) is 0 Å². The molecule has 0 saturated carbocycles. The molecular formula is C37H33N3O5S. The summed E-state index contributed by atoms with van der Waals surface area (Å²) in [6, 6.07) is 29.8. The summed E-state index contributed by atoms with van der Waals surface area (Å²) in [5, 5.41) is 4.96. The highest BCUT2D eigenvalue weighted by Crippen LogP contribution is 2.35. The van der Waals surface area contributed by atoms with E-state index in [4.69, 9.17) is 0 Å². The second kappa shape index (κ2) is 14.2. The minimum atomic E-state index is -0.652. The van der Waals surface area contributed by atoms with Gasteiger partial charge in [-0.1, -0.05) is 62.4 Å². The van der Waals surface area contributed by atoms with Gasteiger partial charge in [0.1, 0.15) is 5.70 Å². The van der Waals surface area contributed by atoms with Gasteiger partial charge in [-0.3, -0.25) is 24.0 Å². The Hall–Kier alpha value is -5.28. The third-order valence-electron chi connectivity index (χ3n) is 7.45. The third kappa shape index (κ3) is 7.68. The maximum Gasteiger partial charge on any atom is 0.272 e. The molecule has 0 radical (unpaired) electrons. The van der Waals surface area contributed by atoms with Crippen LogP contribution in [-0.4, -0.2) is 34.7 Å². The number of imide groups is 1. The van der Waals surface area contributed by atoms with E-state index in [2.05, 4.69) is 24.5 Å². The van der Waals surface area contributed by atoms with Gasteiger partial charge in [0.2, 0.25) is 11.8 Å². The summed E-state index contributed by atoms with van der Waals surface area (Å²) < 4.78 is 0. The largest absolute Gasteiger partial charge is 0.321 e. The lowest BCUT2D eigenvalue weighted by Gasteiger charge is -2.15. The Bertz CT molecular complexity index is 1820. The summed E-state index contributed by atoms with van der Waals surface area (Å²) in [6.45, 7) is 5.65. The molecule has 1 fully saturated rings. The van der Waals surface area contributed by atoms with E-state index in [-0.39, 0.29) is 29.7 Å². The zero-order valence-corrected chi connectivity index (χ0v) is 26.5. The molecule has 1 heterocycles. The highest BCUT2D eigenvalue weighted by atomic mass is 32.2. The van der Waals surface area contributed by atoms with Gasteiger partial charge in [0, 0.05) is 28.1 Å². The quantitative estimate of drug-likeness (QED) is 0.113. The topological polar surface area (TPSA) is 113 Å². The van der Waals surface area contributed by atoms with Gasteiger partial charge in [0.15, 0.2) is 5.78 Å². The summed E-state index contributed by atoms with van der Waals surface area (Å²) in [5.41, 5.74) is 3.74. The molecule has 1 atom stereocenters. The van der Waals surface area contributed by atoms with Crippen molar-refractivity contribution in [3.05, 3.63) is 131 Å². The van der Waals surface area contributed by atoms with Crippen LogP contribution >= 0.6 is 11.8 Å². The summed E-state index contributed by atoms with van der Waals surface area (Å²) in [7, 11) is 0. The Morgan fingerprint density at radius 3 is 2.20 bits per heavy atom. The van der Waals surface area contributed by atoms with Crippen LogP contribution in [0, 0.1) is 0 Å². The van der Waals surface area contributed by atoms with Gasteiger partial charge in [-0.2, -0.15) is 0 Å². The van der Waals surface area contributed by atoms with Crippen LogP contribution in [0.4, 0.5) is 11.4 Å². The van der Waals surface area contributed by atoms with Gasteiger partial charge < -0.3 is 10.6 Å². The van der Waals surface area contributed by atoms with Crippen LogP contribution in [0.1, 0.15) is 65.0 Å². The predicted molar refractivity (Wildman–Crippen MR) is 181 cm³/mol. The summed E-state index contributed by atoms with van der Waals surface area (Å²) >= 11 is 1.23.